The van der Waals surface area contributed by atoms with Crippen LogP contribution in [0.25, 0.3) is 10.9 Å². The molecule has 1 saturated carbocycles. The highest BCUT2D eigenvalue weighted by molar-refractivity contribution is 9.10. The van der Waals surface area contributed by atoms with E-state index in [0.29, 0.717) is 15.8 Å². The summed E-state index contributed by atoms with van der Waals surface area (Å²) < 4.78 is 1.60. The molecule has 0 spiro atoms. The minimum Gasteiger partial charge on any atom is -0.267 e. The zero-order valence-electron chi connectivity index (χ0n) is 13.0. The third-order valence-corrected chi connectivity index (χ3v) is 5.64. The van der Waals surface area contributed by atoms with Crippen LogP contribution in [0.1, 0.15) is 39.7 Å². The Morgan fingerprint density at radius 1 is 1.32 bits per heavy atom. The van der Waals surface area contributed by atoms with Crippen LogP contribution >= 0.6 is 38.9 Å². The number of rotatable bonds is 4. The molecule has 126 valence electrons. The number of carbonyl (C=O) groups is 1. The lowest BCUT2D eigenvalue weighted by Crippen LogP contribution is -2.18. The van der Waals surface area contributed by atoms with Gasteiger partial charge in [-0.2, -0.15) is 5.10 Å². The quantitative estimate of drug-likeness (QED) is 0.444. The Labute approximate surface area is 162 Å². The maximum atomic E-state index is 12.7. The molecule has 0 saturated heterocycles. The van der Waals surface area contributed by atoms with Gasteiger partial charge in [-0.3, -0.25) is 9.78 Å². The Morgan fingerprint density at radius 2 is 2.16 bits per heavy atom. The SMILES string of the molecule is O=C(NN=Cc1ccc(Cl)s1)c1cc(C2CC2)nc2ccc(Br)cc12. The maximum Gasteiger partial charge on any atom is 0.272 e. The van der Waals surface area contributed by atoms with Crippen LogP contribution in [-0.2, 0) is 0 Å². The van der Waals surface area contributed by atoms with Crippen LogP contribution in [0.4, 0.5) is 0 Å². The van der Waals surface area contributed by atoms with E-state index >= 15 is 0 Å². The highest BCUT2D eigenvalue weighted by Crippen LogP contribution is 2.40. The minimum atomic E-state index is -0.244. The molecule has 4 nitrogen and oxygen atoms in total. The normalized spacial score (nSPS) is 14.3. The van der Waals surface area contributed by atoms with Crippen molar-refractivity contribution in [1.29, 1.82) is 0 Å². The van der Waals surface area contributed by atoms with Gasteiger partial charge in [-0.1, -0.05) is 27.5 Å². The lowest BCUT2D eigenvalue weighted by molar-refractivity contribution is 0.0956. The van der Waals surface area contributed by atoms with Gasteiger partial charge in [0.2, 0.25) is 0 Å². The number of hydrazone groups is 1. The molecule has 4 rings (SSSR count). The Hall–Kier alpha value is -1.76. The van der Waals surface area contributed by atoms with E-state index in [9.17, 15) is 4.79 Å². The Bertz CT molecular complexity index is 997. The van der Waals surface area contributed by atoms with Crippen LogP contribution in [0.15, 0.2) is 46.0 Å². The van der Waals surface area contributed by atoms with Crippen molar-refractivity contribution in [3.8, 4) is 0 Å². The molecule has 0 aliphatic heterocycles. The molecule has 0 bridgehead atoms. The summed E-state index contributed by atoms with van der Waals surface area (Å²) in [7, 11) is 0. The molecule has 0 radical (unpaired) electrons. The van der Waals surface area contributed by atoms with Crippen molar-refractivity contribution in [2.24, 2.45) is 5.10 Å². The fourth-order valence-electron chi connectivity index (χ4n) is 2.61. The van der Waals surface area contributed by atoms with Crippen LogP contribution in [0.5, 0.6) is 0 Å². The summed E-state index contributed by atoms with van der Waals surface area (Å²) in [5.74, 6) is 0.225. The molecule has 7 heteroatoms. The van der Waals surface area contributed by atoms with Crippen molar-refractivity contribution < 1.29 is 4.79 Å². The number of hydrogen-bond donors (Lipinski definition) is 1. The highest BCUT2D eigenvalue weighted by Gasteiger charge is 2.27. The van der Waals surface area contributed by atoms with Gasteiger partial charge in [0.15, 0.2) is 0 Å². The smallest absolute Gasteiger partial charge is 0.267 e. The summed E-state index contributed by atoms with van der Waals surface area (Å²) >= 11 is 10.8. The predicted octanol–water partition coefficient (Wildman–Crippen LogP) is 5.35. The zero-order valence-corrected chi connectivity index (χ0v) is 16.2. The van der Waals surface area contributed by atoms with Gasteiger partial charge in [-0.15, -0.1) is 11.3 Å². The van der Waals surface area contributed by atoms with Crippen LogP contribution in [0.3, 0.4) is 0 Å². The molecular weight excluding hydrogens is 422 g/mol. The van der Waals surface area contributed by atoms with Gasteiger partial charge in [-0.25, -0.2) is 5.43 Å². The Balaban J connectivity index is 1.65. The van der Waals surface area contributed by atoms with Crippen LogP contribution in [0, 0.1) is 0 Å². The van der Waals surface area contributed by atoms with Gasteiger partial charge >= 0.3 is 0 Å². The summed E-state index contributed by atoms with van der Waals surface area (Å²) in [4.78, 5) is 18.3. The number of pyridine rings is 1. The van der Waals surface area contributed by atoms with Gasteiger partial charge in [0.25, 0.3) is 5.91 Å². The first kappa shape index (κ1) is 16.7. The third-order valence-electron chi connectivity index (χ3n) is 3.98. The number of benzene rings is 1. The Kier molecular flexibility index (Phi) is 4.58. The van der Waals surface area contributed by atoms with E-state index in [2.05, 4.69) is 26.5 Å². The standard InChI is InChI=1S/C18H13BrClN3OS/c19-11-3-5-15-13(7-11)14(8-16(22-15)10-1-2-10)18(24)23-21-9-12-4-6-17(20)25-12/h3-10H,1-2H2,(H,23,24). The lowest BCUT2D eigenvalue weighted by Gasteiger charge is -2.08. The summed E-state index contributed by atoms with van der Waals surface area (Å²) in [5, 5.41) is 4.86. The Morgan fingerprint density at radius 3 is 2.88 bits per heavy atom. The maximum absolute atomic E-state index is 12.7. The molecule has 2 heterocycles. The van der Waals surface area contributed by atoms with Crippen molar-refractivity contribution in [2.75, 3.05) is 0 Å². The van der Waals surface area contributed by atoms with E-state index in [1.807, 2.05) is 30.3 Å². The number of hydrogen-bond acceptors (Lipinski definition) is 4. The summed E-state index contributed by atoms with van der Waals surface area (Å²) in [6.45, 7) is 0. The largest absolute Gasteiger partial charge is 0.272 e. The second-order valence-electron chi connectivity index (χ2n) is 5.87. The molecule has 1 aromatic carbocycles. The number of aromatic nitrogens is 1. The molecule has 1 aliphatic carbocycles. The van der Waals surface area contributed by atoms with E-state index in [4.69, 9.17) is 16.6 Å². The van der Waals surface area contributed by atoms with Gasteiger partial charge in [0.05, 0.1) is 21.6 Å². The molecule has 1 amide bonds. The molecular formula is C18H13BrClN3OS. The number of halogens is 2. The minimum absolute atomic E-state index is 0.244. The zero-order chi connectivity index (χ0) is 17.4. The van der Waals surface area contributed by atoms with E-state index in [0.717, 1.165) is 38.8 Å². The van der Waals surface area contributed by atoms with E-state index in [1.165, 1.54) is 11.3 Å². The van der Waals surface area contributed by atoms with Crippen molar-refractivity contribution in [2.45, 2.75) is 18.8 Å². The molecule has 1 aliphatic rings. The third kappa shape index (κ3) is 3.76. The fourth-order valence-corrected chi connectivity index (χ4v) is 3.90. The number of nitrogens with zero attached hydrogens (tertiary/aromatic N) is 2. The number of nitrogens with one attached hydrogen (secondary N) is 1. The molecule has 1 N–H and O–H groups in total. The van der Waals surface area contributed by atoms with E-state index in [1.54, 1.807) is 12.3 Å². The van der Waals surface area contributed by atoms with Gasteiger partial charge in [-0.05, 0) is 49.2 Å². The summed E-state index contributed by atoms with van der Waals surface area (Å²) in [6, 6.07) is 11.3. The number of thiophene rings is 1. The lowest BCUT2D eigenvalue weighted by atomic mass is 10.1. The average molecular weight is 435 g/mol. The van der Waals surface area contributed by atoms with Gasteiger partial charge in [0.1, 0.15) is 0 Å². The highest BCUT2D eigenvalue weighted by atomic mass is 79.9. The van der Waals surface area contributed by atoms with Crippen molar-refractivity contribution in [3.05, 3.63) is 61.3 Å². The number of amides is 1. The summed E-state index contributed by atoms with van der Waals surface area (Å²) in [5.41, 5.74) is 5.00. The van der Waals surface area contributed by atoms with Crippen LogP contribution in [0.2, 0.25) is 4.34 Å². The number of fused-ring (bicyclic) bond motifs is 1. The summed E-state index contributed by atoms with van der Waals surface area (Å²) in [6.07, 6.45) is 3.86. The molecule has 0 atom stereocenters. The topological polar surface area (TPSA) is 54.4 Å². The van der Waals surface area contributed by atoms with E-state index < -0.39 is 0 Å². The second kappa shape index (κ2) is 6.86. The first-order chi connectivity index (χ1) is 12.1. The molecule has 2 aromatic heterocycles. The van der Waals surface area contributed by atoms with Crippen molar-refractivity contribution in [3.63, 3.8) is 0 Å². The van der Waals surface area contributed by atoms with Crippen LogP contribution in [-0.4, -0.2) is 17.1 Å². The van der Waals surface area contributed by atoms with Crippen molar-refractivity contribution in [1.82, 2.24) is 10.4 Å². The average Bonchev–Trinajstić information content (AvgIpc) is 3.36. The monoisotopic (exact) mass is 433 g/mol. The van der Waals surface area contributed by atoms with E-state index in [-0.39, 0.29) is 5.91 Å². The molecule has 25 heavy (non-hydrogen) atoms. The van der Waals surface area contributed by atoms with Gasteiger partial charge < -0.3 is 0 Å². The first-order valence-electron chi connectivity index (χ1n) is 7.79. The number of carbonyl (C=O) groups excluding carboxylic acids is 1. The molecule has 1 fully saturated rings. The predicted molar refractivity (Wildman–Crippen MR) is 106 cm³/mol. The fraction of sp³-hybridized carbons (Fsp3) is 0.167. The molecule has 0 unspecified atom stereocenters. The van der Waals surface area contributed by atoms with Crippen LogP contribution < -0.4 is 5.43 Å². The molecule has 3 aromatic rings. The second-order valence-corrected chi connectivity index (χ2v) is 8.53. The first-order valence-corrected chi connectivity index (χ1v) is 9.78. The van der Waals surface area contributed by atoms with Crippen molar-refractivity contribution >= 4 is 61.9 Å². The van der Waals surface area contributed by atoms with Gasteiger partial charge in [0, 0.05) is 26.3 Å².